The maximum Gasteiger partial charge on any atom is 0.295 e. The van der Waals surface area contributed by atoms with E-state index in [1.165, 1.54) is 17.3 Å². The zero-order chi connectivity index (χ0) is 19.5. The molecule has 28 heavy (non-hydrogen) atoms. The first kappa shape index (κ1) is 17.7. The molecule has 1 aliphatic rings. The molecule has 0 saturated carbocycles. The molecule has 5 nitrogen and oxygen atoms in total. The monoisotopic (exact) mass is 370 g/mol. The van der Waals surface area contributed by atoms with Gasteiger partial charge >= 0.3 is 0 Å². The zero-order valence-corrected chi connectivity index (χ0v) is 15.0. The third-order valence-electron chi connectivity index (χ3n) is 4.80. The van der Waals surface area contributed by atoms with Gasteiger partial charge in [-0.3, -0.25) is 14.6 Å². The van der Waals surface area contributed by atoms with Crippen LogP contribution in [0.4, 0.5) is 0 Å². The van der Waals surface area contributed by atoms with Gasteiger partial charge < -0.3 is 10.0 Å². The molecule has 2 heterocycles. The highest BCUT2D eigenvalue weighted by atomic mass is 16.3. The average molecular weight is 370 g/mol. The van der Waals surface area contributed by atoms with Crippen molar-refractivity contribution in [2.24, 2.45) is 0 Å². The fourth-order valence-electron chi connectivity index (χ4n) is 3.47. The first-order valence-electron chi connectivity index (χ1n) is 8.94. The summed E-state index contributed by atoms with van der Waals surface area (Å²) in [6.45, 7) is 0.276. The minimum Gasteiger partial charge on any atom is -0.507 e. The first-order chi connectivity index (χ1) is 13.7. The normalized spacial score (nSPS) is 18.4. The van der Waals surface area contributed by atoms with Crippen LogP contribution in [0.2, 0.25) is 0 Å². The number of benzene rings is 2. The predicted molar refractivity (Wildman–Crippen MR) is 105 cm³/mol. The summed E-state index contributed by atoms with van der Waals surface area (Å²) in [5.74, 6) is -1.49. The first-order valence-corrected chi connectivity index (χ1v) is 8.94. The number of hydrogen-bond acceptors (Lipinski definition) is 4. The number of aliphatic hydroxyl groups excluding tert-OH is 1. The Balaban J connectivity index is 1.85. The summed E-state index contributed by atoms with van der Waals surface area (Å²) in [6.07, 6.45) is 3.07. The van der Waals surface area contributed by atoms with Gasteiger partial charge in [0.2, 0.25) is 0 Å². The van der Waals surface area contributed by atoms with Gasteiger partial charge in [0, 0.05) is 24.5 Å². The van der Waals surface area contributed by atoms with Crippen LogP contribution in [0.15, 0.2) is 90.8 Å². The number of amides is 1. The molecule has 1 fully saturated rings. The van der Waals surface area contributed by atoms with Gasteiger partial charge in [-0.15, -0.1) is 0 Å². The van der Waals surface area contributed by atoms with E-state index in [9.17, 15) is 14.7 Å². The Bertz CT molecular complexity index is 1030. The molecule has 0 bridgehead atoms. The summed E-state index contributed by atoms with van der Waals surface area (Å²) < 4.78 is 0. The van der Waals surface area contributed by atoms with E-state index in [1.807, 2.05) is 60.7 Å². The summed E-state index contributed by atoms with van der Waals surface area (Å²) in [6, 6.07) is 21.3. The van der Waals surface area contributed by atoms with Gasteiger partial charge in [-0.1, -0.05) is 60.7 Å². The van der Waals surface area contributed by atoms with Crippen molar-refractivity contribution in [2.45, 2.75) is 12.6 Å². The summed E-state index contributed by atoms with van der Waals surface area (Å²) in [5, 5.41) is 10.9. The van der Waals surface area contributed by atoms with E-state index in [-0.39, 0.29) is 17.9 Å². The van der Waals surface area contributed by atoms with Crippen molar-refractivity contribution in [3.05, 3.63) is 107 Å². The largest absolute Gasteiger partial charge is 0.507 e. The minimum absolute atomic E-state index is 0.0957. The van der Waals surface area contributed by atoms with Crippen LogP contribution < -0.4 is 0 Å². The number of nitrogens with zero attached hydrogens (tertiary/aromatic N) is 2. The minimum atomic E-state index is -0.681. The zero-order valence-electron chi connectivity index (χ0n) is 15.0. The van der Waals surface area contributed by atoms with E-state index in [2.05, 4.69) is 4.98 Å². The maximum atomic E-state index is 12.9. The summed E-state index contributed by atoms with van der Waals surface area (Å²) in [5.41, 5.74) is 2.23. The van der Waals surface area contributed by atoms with Crippen LogP contribution in [0.3, 0.4) is 0 Å². The summed E-state index contributed by atoms with van der Waals surface area (Å²) in [7, 11) is 0. The average Bonchev–Trinajstić information content (AvgIpc) is 3.00. The molecule has 1 unspecified atom stereocenters. The van der Waals surface area contributed by atoms with E-state index in [0.717, 1.165) is 11.1 Å². The lowest BCUT2D eigenvalue weighted by Crippen LogP contribution is -2.29. The third kappa shape index (κ3) is 3.18. The topological polar surface area (TPSA) is 70.5 Å². The second-order valence-electron chi connectivity index (χ2n) is 6.56. The van der Waals surface area contributed by atoms with Crippen LogP contribution in [-0.2, 0) is 16.1 Å². The number of aromatic nitrogens is 1. The highest BCUT2D eigenvalue weighted by Gasteiger charge is 2.45. The Labute approximate surface area is 162 Å². The quantitative estimate of drug-likeness (QED) is 0.432. The van der Waals surface area contributed by atoms with E-state index < -0.39 is 17.7 Å². The fraction of sp³-hybridized carbons (Fsp3) is 0.0870. The molecule has 138 valence electrons. The molecule has 1 atom stereocenters. The van der Waals surface area contributed by atoms with E-state index in [0.29, 0.717) is 5.56 Å². The molecule has 1 amide bonds. The van der Waals surface area contributed by atoms with Crippen LogP contribution in [-0.4, -0.2) is 26.7 Å². The van der Waals surface area contributed by atoms with Crippen LogP contribution >= 0.6 is 0 Å². The maximum absolute atomic E-state index is 12.9. The van der Waals surface area contributed by atoms with Crippen molar-refractivity contribution in [2.75, 3.05) is 0 Å². The lowest BCUT2D eigenvalue weighted by atomic mass is 9.95. The summed E-state index contributed by atoms with van der Waals surface area (Å²) >= 11 is 0. The lowest BCUT2D eigenvalue weighted by Gasteiger charge is -2.25. The molecule has 0 spiro atoms. The molecule has 3 aromatic rings. The number of aliphatic hydroxyl groups is 1. The molecule has 4 rings (SSSR count). The number of pyridine rings is 1. The van der Waals surface area contributed by atoms with Gasteiger partial charge in [0.05, 0.1) is 11.6 Å². The number of carbonyl (C=O) groups excluding carboxylic acids is 2. The highest BCUT2D eigenvalue weighted by molar-refractivity contribution is 6.46. The van der Waals surface area contributed by atoms with Gasteiger partial charge in [-0.05, 0) is 23.3 Å². The standard InChI is InChI=1S/C23H18N2O3/c26-21(18-11-13-24-14-12-18)19-20(17-9-5-2-6-10-17)25(23(28)22(19)27)15-16-7-3-1-4-8-16/h1-14,20,26H,15H2/b21-19+. The van der Waals surface area contributed by atoms with E-state index in [1.54, 1.807) is 12.1 Å². The van der Waals surface area contributed by atoms with Crippen molar-refractivity contribution >= 4 is 17.4 Å². The molecule has 0 aliphatic carbocycles. The number of carbonyl (C=O) groups is 2. The lowest BCUT2D eigenvalue weighted by molar-refractivity contribution is -0.140. The van der Waals surface area contributed by atoms with E-state index >= 15 is 0 Å². The fourth-order valence-corrected chi connectivity index (χ4v) is 3.47. The molecular formula is C23H18N2O3. The molecule has 1 saturated heterocycles. The molecule has 1 N–H and O–H groups in total. The third-order valence-corrected chi connectivity index (χ3v) is 4.80. The Morgan fingerprint density at radius 3 is 2.14 bits per heavy atom. The van der Waals surface area contributed by atoms with Crippen molar-refractivity contribution in [3.63, 3.8) is 0 Å². The van der Waals surface area contributed by atoms with Gasteiger partial charge in [-0.2, -0.15) is 0 Å². The van der Waals surface area contributed by atoms with Crippen molar-refractivity contribution < 1.29 is 14.7 Å². The van der Waals surface area contributed by atoms with Crippen molar-refractivity contribution in [1.29, 1.82) is 0 Å². The Morgan fingerprint density at radius 1 is 0.893 bits per heavy atom. The smallest absolute Gasteiger partial charge is 0.295 e. The van der Waals surface area contributed by atoms with Gasteiger partial charge in [0.1, 0.15) is 5.76 Å². The van der Waals surface area contributed by atoms with Gasteiger partial charge in [0.25, 0.3) is 11.7 Å². The van der Waals surface area contributed by atoms with E-state index in [4.69, 9.17) is 0 Å². The van der Waals surface area contributed by atoms with Crippen molar-refractivity contribution in [1.82, 2.24) is 9.88 Å². The van der Waals surface area contributed by atoms with Crippen LogP contribution in [0.5, 0.6) is 0 Å². The van der Waals surface area contributed by atoms with Crippen LogP contribution in [0.25, 0.3) is 5.76 Å². The molecule has 2 aromatic carbocycles. The SMILES string of the molecule is O=C1C(=O)N(Cc2ccccc2)C(c2ccccc2)/C1=C(\O)c1ccncc1. The molecule has 0 radical (unpaired) electrons. The molecule has 1 aromatic heterocycles. The summed E-state index contributed by atoms with van der Waals surface area (Å²) in [4.78, 5) is 31.2. The van der Waals surface area contributed by atoms with Crippen LogP contribution in [0, 0.1) is 0 Å². The second kappa shape index (κ2) is 7.48. The van der Waals surface area contributed by atoms with Gasteiger partial charge in [-0.25, -0.2) is 0 Å². The molecule has 1 aliphatic heterocycles. The Hall–Kier alpha value is -3.73. The Morgan fingerprint density at radius 2 is 1.50 bits per heavy atom. The van der Waals surface area contributed by atoms with Crippen LogP contribution in [0.1, 0.15) is 22.7 Å². The number of Topliss-reactive ketones (excluding diaryl/α,β-unsaturated/α-hetero) is 1. The van der Waals surface area contributed by atoms with Crippen molar-refractivity contribution in [3.8, 4) is 0 Å². The Kier molecular flexibility index (Phi) is 4.72. The number of rotatable bonds is 4. The number of ketones is 1. The highest BCUT2D eigenvalue weighted by Crippen LogP contribution is 2.40. The number of hydrogen-bond donors (Lipinski definition) is 1. The van der Waals surface area contributed by atoms with Gasteiger partial charge in [0.15, 0.2) is 0 Å². The molecule has 5 heteroatoms. The number of likely N-dealkylation sites (tertiary alicyclic amines) is 1. The molecular weight excluding hydrogens is 352 g/mol. The predicted octanol–water partition coefficient (Wildman–Crippen LogP) is 3.70. The second-order valence-corrected chi connectivity index (χ2v) is 6.56.